The second-order valence-corrected chi connectivity index (χ2v) is 7.21. The van der Waals surface area contributed by atoms with E-state index in [4.69, 9.17) is 0 Å². The Bertz CT molecular complexity index is 198. The average Bonchev–Trinajstić information content (AvgIpc) is 1.82. The topological polar surface area (TPSA) is 0 Å². The maximum Gasteiger partial charge on any atom is 0.422 e. The largest absolute Gasteiger partial charge is 0.422 e. The van der Waals surface area contributed by atoms with Crippen molar-refractivity contribution >= 4 is 17.8 Å². The Morgan fingerprint density at radius 2 is 1.31 bits per heavy atom. The molecule has 0 aromatic rings. The van der Waals surface area contributed by atoms with Gasteiger partial charge in [-0.2, -0.15) is 26.3 Å². The van der Waals surface area contributed by atoms with E-state index in [1.54, 1.807) is 0 Å². The minimum absolute atomic E-state index is 0.212. The molecule has 0 rings (SSSR count). The molecule has 0 nitrogen and oxygen atoms in total. The Morgan fingerprint density at radius 3 is 1.38 bits per heavy atom. The van der Waals surface area contributed by atoms with Crippen molar-refractivity contribution in [3.63, 3.8) is 0 Å². The molecule has 0 radical (unpaired) electrons. The SMILES string of the molecule is CCCP(=S)(C(F)(F)F)C(F)(F)F. The first-order valence-electron chi connectivity index (χ1n) is 3.29. The lowest BCUT2D eigenvalue weighted by Crippen LogP contribution is -2.23. The van der Waals surface area contributed by atoms with Crippen molar-refractivity contribution in [1.29, 1.82) is 0 Å². The fourth-order valence-corrected chi connectivity index (χ4v) is 2.68. The Kier molecular flexibility index (Phi) is 3.84. The van der Waals surface area contributed by atoms with Crippen LogP contribution in [-0.4, -0.2) is 18.0 Å². The lowest BCUT2D eigenvalue weighted by atomic mass is 10.6. The van der Waals surface area contributed by atoms with Gasteiger partial charge >= 0.3 is 11.8 Å². The van der Waals surface area contributed by atoms with Gasteiger partial charge in [-0.1, -0.05) is 25.2 Å². The van der Waals surface area contributed by atoms with E-state index in [9.17, 15) is 26.3 Å². The minimum Gasteiger partial charge on any atom is -0.166 e. The third kappa shape index (κ3) is 2.59. The molecule has 0 amide bonds. The van der Waals surface area contributed by atoms with Crippen LogP contribution in [0.1, 0.15) is 13.3 Å². The summed E-state index contributed by atoms with van der Waals surface area (Å²) in [7, 11) is 0. The van der Waals surface area contributed by atoms with Crippen molar-refractivity contribution in [3.8, 4) is 0 Å². The number of rotatable bonds is 2. The predicted molar refractivity (Wildman–Crippen MR) is 41.6 cm³/mol. The van der Waals surface area contributed by atoms with E-state index in [0.717, 1.165) is 0 Å². The molecular weight excluding hydrogens is 237 g/mol. The smallest absolute Gasteiger partial charge is 0.166 e. The molecule has 0 saturated heterocycles. The summed E-state index contributed by atoms with van der Waals surface area (Å²) in [5, 5.41) is 0. The fraction of sp³-hybridized carbons (Fsp3) is 1.00. The molecule has 0 atom stereocenters. The monoisotopic (exact) mass is 244 g/mol. The van der Waals surface area contributed by atoms with Crippen LogP contribution in [0.2, 0.25) is 0 Å². The molecule has 0 spiro atoms. The highest BCUT2D eigenvalue weighted by atomic mass is 32.4. The van der Waals surface area contributed by atoms with Gasteiger partial charge in [0, 0.05) is 0 Å². The van der Waals surface area contributed by atoms with Crippen LogP contribution in [0.3, 0.4) is 0 Å². The van der Waals surface area contributed by atoms with Gasteiger partial charge in [-0.05, 0) is 6.16 Å². The van der Waals surface area contributed by atoms with Crippen LogP contribution >= 0.6 is 6.04 Å². The van der Waals surface area contributed by atoms with E-state index in [1.807, 2.05) is 0 Å². The zero-order chi connectivity index (χ0) is 10.9. The highest BCUT2D eigenvalue weighted by molar-refractivity contribution is 8.15. The van der Waals surface area contributed by atoms with Gasteiger partial charge in [0.2, 0.25) is 0 Å². The highest BCUT2D eigenvalue weighted by Gasteiger charge is 2.62. The zero-order valence-corrected chi connectivity index (χ0v) is 8.25. The lowest BCUT2D eigenvalue weighted by molar-refractivity contribution is -0.0843. The van der Waals surface area contributed by atoms with Crippen LogP contribution in [0.5, 0.6) is 0 Å². The molecule has 0 aliphatic carbocycles. The molecule has 0 aliphatic heterocycles. The van der Waals surface area contributed by atoms with Crippen molar-refractivity contribution < 1.29 is 26.3 Å². The van der Waals surface area contributed by atoms with Gasteiger partial charge < -0.3 is 0 Å². The van der Waals surface area contributed by atoms with Crippen LogP contribution in [0, 0.1) is 0 Å². The first-order valence-corrected chi connectivity index (χ1v) is 6.27. The number of alkyl halides is 6. The zero-order valence-electron chi connectivity index (χ0n) is 6.54. The lowest BCUT2D eigenvalue weighted by Gasteiger charge is -2.26. The van der Waals surface area contributed by atoms with E-state index in [1.165, 1.54) is 6.92 Å². The van der Waals surface area contributed by atoms with Gasteiger partial charge in [0.15, 0.2) is 6.04 Å². The van der Waals surface area contributed by atoms with Crippen molar-refractivity contribution in [3.05, 3.63) is 0 Å². The standard InChI is InChI=1S/C5H7F6PS/c1-2-3-12(13,4(6,7)8)5(9,10)11/h2-3H2,1H3. The second-order valence-electron chi connectivity index (χ2n) is 2.40. The number of halogens is 6. The molecule has 0 aromatic heterocycles. The van der Waals surface area contributed by atoms with Gasteiger partial charge in [0.1, 0.15) is 0 Å². The molecule has 0 fully saturated rings. The second kappa shape index (κ2) is 3.77. The molecule has 13 heavy (non-hydrogen) atoms. The van der Waals surface area contributed by atoms with E-state index >= 15 is 0 Å². The summed E-state index contributed by atoms with van der Waals surface area (Å²) in [6.45, 7) is 1.25. The molecule has 0 bridgehead atoms. The molecule has 0 aromatic carbocycles. The van der Waals surface area contributed by atoms with Gasteiger partial charge in [0.05, 0.1) is 0 Å². The predicted octanol–water partition coefficient (Wildman–Crippen LogP) is 3.92. The van der Waals surface area contributed by atoms with Crippen LogP contribution in [-0.2, 0) is 11.8 Å². The fourth-order valence-electron chi connectivity index (χ4n) is 0.712. The normalized spacial score (nSPS) is 14.7. The van der Waals surface area contributed by atoms with Crippen molar-refractivity contribution in [2.75, 3.05) is 6.16 Å². The van der Waals surface area contributed by atoms with Crippen molar-refractivity contribution in [2.24, 2.45) is 0 Å². The molecule has 0 N–H and O–H groups in total. The van der Waals surface area contributed by atoms with Crippen LogP contribution < -0.4 is 0 Å². The molecule has 80 valence electrons. The first-order chi connectivity index (χ1) is 5.56. The van der Waals surface area contributed by atoms with E-state index < -0.39 is 24.0 Å². The van der Waals surface area contributed by atoms with E-state index in [2.05, 4.69) is 11.8 Å². The Balaban J connectivity index is 5.10. The summed E-state index contributed by atoms with van der Waals surface area (Å²) < 4.78 is 72.1. The van der Waals surface area contributed by atoms with Crippen molar-refractivity contribution in [1.82, 2.24) is 0 Å². The summed E-state index contributed by atoms with van der Waals surface area (Å²) in [6, 6.07) is -5.25. The maximum atomic E-state index is 12.0. The molecule has 0 heterocycles. The first kappa shape index (κ1) is 13.2. The third-order valence-electron chi connectivity index (χ3n) is 1.36. The van der Waals surface area contributed by atoms with Gasteiger partial charge in [-0.3, -0.25) is 0 Å². The molecule has 0 aliphatic rings. The quantitative estimate of drug-likeness (QED) is 0.524. The van der Waals surface area contributed by atoms with Gasteiger partial charge in [-0.25, -0.2) is 0 Å². The highest BCUT2D eigenvalue weighted by Crippen LogP contribution is 2.71. The van der Waals surface area contributed by atoms with Crippen LogP contribution in [0.4, 0.5) is 26.3 Å². The Morgan fingerprint density at radius 1 is 1.00 bits per heavy atom. The van der Waals surface area contributed by atoms with Crippen LogP contribution in [0.25, 0.3) is 0 Å². The van der Waals surface area contributed by atoms with E-state index in [-0.39, 0.29) is 6.42 Å². The summed E-state index contributed by atoms with van der Waals surface area (Å²) in [4.78, 5) is 0. The molecular formula is C5H7F6PS. The molecule has 0 unspecified atom stereocenters. The number of hydrogen-bond donors (Lipinski definition) is 0. The van der Waals surface area contributed by atoms with Crippen LogP contribution in [0.15, 0.2) is 0 Å². The van der Waals surface area contributed by atoms with Gasteiger partial charge in [0.25, 0.3) is 0 Å². The number of hydrogen-bond acceptors (Lipinski definition) is 1. The third-order valence-corrected chi connectivity index (χ3v) is 5.86. The molecule has 8 heteroatoms. The van der Waals surface area contributed by atoms with Crippen molar-refractivity contribution in [2.45, 2.75) is 25.2 Å². The Labute approximate surface area is 76.3 Å². The maximum absolute atomic E-state index is 12.0. The van der Waals surface area contributed by atoms with Gasteiger partial charge in [-0.15, -0.1) is 0 Å². The van der Waals surface area contributed by atoms with E-state index in [0.29, 0.717) is 0 Å². The summed E-state index contributed by atoms with van der Waals surface area (Å²) in [5.74, 6) is -10.6. The Hall–Kier alpha value is 0.230. The summed E-state index contributed by atoms with van der Waals surface area (Å²) in [6.07, 6.45) is -1.22. The summed E-state index contributed by atoms with van der Waals surface area (Å²) in [5.41, 5.74) is 0. The molecule has 0 saturated carbocycles. The summed E-state index contributed by atoms with van der Waals surface area (Å²) >= 11 is 3.74. The average molecular weight is 244 g/mol. The minimum atomic E-state index is -5.31.